The highest BCUT2D eigenvalue weighted by Crippen LogP contribution is 2.24. The van der Waals surface area contributed by atoms with Gasteiger partial charge in [0, 0.05) is 16.6 Å². The number of ketones is 1. The van der Waals surface area contributed by atoms with E-state index in [4.69, 9.17) is 11.6 Å². The number of benzene rings is 1. The van der Waals surface area contributed by atoms with Gasteiger partial charge in [0.1, 0.15) is 0 Å². The number of halogens is 1. The first kappa shape index (κ1) is 16.5. The van der Waals surface area contributed by atoms with Crippen LogP contribution in [-0.4, -0.2) is 29.8 Å². The maximum atomic E-state index is 12.5. The first-order valence-electron chi connectivity index (χ1n) is 8.09. The highest BCUT2D eigenvalue weighted by Gasteiger charge is 2.24. The molecule has 0 bridgehead atoms. The molecule has 21 heavy (non-hydrogen) atoms. The van der Waals surface area contributed by atoms with Crippen LogP contribution in [0.5, 0.6) is 0 Å². The number of hydrogen-bond acceptors (Lipinski definition) is 2. The number of nitrogens with zero attached hydrogens (tertiary/aromatic N) is 1. The maximum Gasteiger partial charge on any atom is 0.176 e. The molecule has 0 heterocycles. The third kappa shape index (κ3) is 5.12. The molecular weight excluding hydrogens is 282 g/mol. The van der Waals surface area contributed by atoms with Gasteiger partial charge in [-0.1, -0.05) is 38.3 Å². The van der Waals surface area contributed by atoms with Crippen molar-refractivity contribution in [2.24, 2.45) is 5.92 Å². The summed E-state index contributed by atoms with van der Waals surface area (Å²) in [4.78, 5) is 14.9. The predicted octanol–water partition coefficient (Wildman–Crippen LogP) is 4.81. The molecule has 0 spiro atoms. The van der Waals surface area contributed by atoms with Gasteiger partial charge in [0.2, 0.25) is 0 Å². The largest absolute Gasteiger partial charge is 0.293 e. The van der Waals surface area contributed by atoms with Crippen LogP contribution in [0.1, 0.15) is 56.3 Å². The number of carbonyl (C=O) groups is 1. The fraction of sp³-hybridized carbons (Fsp3) is 0.611. The van der Waals surface area contributed by atoms with E-state index >= 15 is 0 Å². The Labute approximate surface area is 133 Å². The Bertz CT molecular complexity index is 449. The smallest absolute Gasteiger partial charge is 0.176 e. The number of hydrogen-bond donors (Lipinski definition) is 0. The lowest BCUT2D eigenvalue weighted by Crippen LogP contribution is -2.38. The molecule has 0 aromatic heterocycles. The molecule has 1 aromatic rings. The molecule has 2 rings (SSSR count). The molecule has 0 N–H and O–H groups in total. The summed E-state index contributed by atoms with van der Waals surface area (Å²) in [5, 5.41) is 0.680. The Hall–Kier alpha value is -0.860. The molecule has 0 radical (unpaired) electrons. The minimum absolute atomic E-state index is 0.210. The molecule has 116 valence electrons. The summed E-state index contributed by atoms with van der Waals surface area (Å²) in [5.41, 5.74) is 0.770. The summed E-state index contributed by atoms with van der Waals surface area (Å²) in [6.45, 7) is 6.06. The van der Waals surface area contributed by atoms with Crippen LogP contribution in [0.4, 0.5) is 0 Å². The third-order valence-corrected chi connectivity index (χ3v) is 4.60. The summed E-state index contributed by atoms with van der Waals surface area (Å²) in [6, 6.07) is 7.85. The van der Waals surface area contributed by atoms with E-state index in [1.807, 2.05) is 12.1 Å². The summed E-state index contributed by atoms with van der Waals surface area (Å²) in [7, 11) is 0. The lowest BCUT2D eigenvalue weighted by Gasteiger charge is -2.28. The van der Waals surface area contributed by atoms with Crippen LogP contribution in [0.3, 0.4) is 0 Å². The van der Waals surface area contributed by atoms with Gasteiger partial charge in [-0.05, 0) is 56.0 Å². The van der Waals surface area contributed by atoms with Gasteiger partial charge in [0.05, 0.1) is 6.54 Å². The number of Topliss-reactive ketones (excluding diaryl/α,β-unsaturated/α-hetero) is 1. The minimum Gasteiger partial charge on any atom is -0.293 e. The molecule has 0 unspecified atom stereocenters. The van der Waals surface area contributed by atoms with Gasteiger partial charge in [0.25, 0.3) is 0 Å². The van der Waals surface area contributed by atoms with Gasteiger partial charge < -0.3 is 0 Å². The summed E-state index contributed by atoms with van der Waals surface area (Å²) < 4.78 is 0. The fourth-order valence-electron chi connectivity index (χ4n) is 3.00. The van der Waals surface area contributed by atoms with Crippen LogP contribution in [0.25, 0.3) is 0 Å². The monoisotopic (exact) mass is 307 g/mol. The Balaban J connectivity index is 1.99. The van der Waals surface area contributed by atoms with Crippen LogP contribution in [0.15, 0.2) is 24.3 Å². The third-order valence-electron chi connectivity index (χ3n) is 4.35. The molecule has 0 atom stereocenters. The topological polar surface area (TPSA) is 20.3 Å². The van der Waals surface area contributed by atoms with Crippen LogP contribution in [0, 0.1) is 5.92 Å². The molecule has 1 aliphatic carbocycles. The van der Waals surface area contributed by atoms with Gasteiger partial charge in [-0.2, -0.15) is 0 Å². The molecule has 1 aromatic carbocycles. The molecule has 0 saturated heterocycles. The van der Waals surface area contributed by atoms with Crippen molar-refractivity contribution >= 4 is 17.4 Å². The van der Waals surface area contributed by atoms with Crippen molar-refractivity contribution in [1.82, 2.24) is 4.90 Å². The van der Waals surface area contributed by atoms with Crippen molar-refractivity contribution in [3.8, 4) is 0 Å². The Morgan fingerprint density at radius 1 is 1.24 bits per heavy atom. The van der Waals surface area contributed by atoms with Crippen LogP contribution in [0.2, 0.25) is 5.02 Å². The predicted molar refractivity (Wildman–Crippen MR) is 89.1 cm³/mol. The molecular formula is C18H26ClNO. The first-order chi connectivity index (χ1) is 10.1. The zero-order valence-electron chi connectivity index (χ0n) is 13.1. The van der Waals surface area contributed by atoms with E-state index in [1.54, 1.807) is 12.1 Å². The summed E-state index contributed by atoms with van der Waals surface area (Å²) in [5.74, 6) is 0.891. The highest BCUT2D eigenvalue weighted by atomic mass is 35.5. The fourth-order valence-corrected chi connectivity index (χ4v) is 3.12. The molecule has 1 fully saturated rings. The van der Waals surface area contributed by atoms with E-state index in [-0.39, 0.29) is 5.78 Å². The van der Waals surface area contributed by atoms with E-state index in [0.29, 0.717) is 23.5 Å². The average molecular weight is 308 g/mol. The van der Waals surface area contributed by atoms with Crippen molar-refractivity contribution in [2.45, 2.75) is 52.0 Å². The van der Waals surface area contributed by atoms with Crippen molar-refractivity contribution in [3.63, 3.8) is 0 Å². The maximum absolute atomic E-state index is 12.5. The molecule has 0 aliphatic heterocycles. The summed E-state index contributed by atoms with van der Waals surface area (Å²) >= 11 is 5.89. The Morgan fingerprint density at radius 3 is 2.43 bits per heavy atom. The zero-order chi connectivity index (χ0) is 15.2. The van der Waals surface area contributed by atoms with Crippen molar-refractivity contribution in [1.29, 1.82) is 0 Å². The van der Waals surface area contributed by atoms with Crippen LogP contribution in [-0.2, 0) is 0 Å². The lowest BCUT2D eigenvalue weighted by atomic mass is 10.1. The van der Waals surface area contributed by atoms with Crippen molar-refractivity contribution in [3.05, 3.63) is 34.9 Å². The van der Waals surface area contributed by atoms with Crippen molar-refractivity contribution < 1.29 is 4.79 Å². The van der Waals surface area contributed by atoms with Gasteiger partial charge in [0.15, 0.2) is 5.78 Å². The van der Waals surface area contributed by atoms with E-state index in [1.165, 1.54) is 25.7 Å². The summed E-state index contributed by atoms with van der Waals surface area (Å²) in [6.07, 6.45) is 6.25. The van der Waals surface area contributed by atoms with Gasteiger partial charge in [-0.15, -0.1) is 0 Å². The molecule has 0 amide bonds. The van der Waals surface area contributed by atoms with Crippen LogP contribution < -0.4 is 0 Å². The zero-order valence-corrected chi connectivity index (χ0v) is 13.9. The van der Waals surface area contributed by atoms with E-state index in [0.717, 1.165) is 18.5 Å². The second-order valence-electron chi connectivity index (χ2n) is 6.52. The molecule has 2 nitrogen and oxygen atoms in total. The SMILES string of the molecule is CC(C)CCN(CC(=O)c1ccc(Cl)cc1)C1CCCC1. The average Bonchev–Trinajstić information content (AvgIpc) is 2.97. The van der Waals surface area contributed by atoms with Gasteiger partial charge in [-0.25, -0.2) is 0 Å². The standard InChI is InChI=1S/C18H26ClNO/c1-14(2)11-12-20(17-5-3-4-6-17)13-18(21)15-7-9-16(19)10-8-15/h7-10,14,17H,3-6,11-13H2,1-2H3. The number of rotatable bonds is 7. The molecule has 1 saturated carbocycles. The van der Waals surface area contributed by atoms with Crippen LogP contribution >= 0.6 is 11.6 Å². The second-order valence-corrected chi connectivity index (χ2v) is 6.96. The van der Waals surface area contributed by atoms with Crippen molar-refractivity contribution in [2.75, 3.05) is 13.1 Å². The Kier molecular flexibility index (Phi) is 6.25. The second kappa shape index (κ2) is 7.95. The Morgan fingerprint density at radius 2 is 1.86 bits per heavy atom. The molecule has 3 heteroatoms. The van der Waals surface area contributed by atoms with Gasteiger partial charge >= 0.3 is 0 Å². The van der Waals surface area contributed by atoms with E-state index in [2.05, 4.69) is 18.7 Å². The van der Waals surface area contributed by atoms with E-state index in [9.17, 15) is 4.79 Å². The normalized spacial score (nSPS) is 16.0. The highest BCUT2D eigenvalue weighted by molar-refractivity contribution is 6.30. The molecule has 1 aliphatic rings. The minimum atomic E-state index is 0.210. The van der Waals surface area contributed by atoms with Gasteiger partial charge in [-0.3, -0.25) is 9.69 Å². The lowest BCUT2D eigenvalue weighted by molar-refractivity contribution is 0.0886. The quantitative estimate of drug-likeness (QED) is 0.674. The van der Waals surface area contributed by atoms with E-state index < -0.39 is 0 Å². The number of carbonyl (C=O) groups excluding carboxylic acids is 1. The first-order valence-corrected chi connectivity index (χ1v) is 8.47.